The SMILES string of the molecule is N#Cc1nccc2c(Nc3ccc(F)c(Cl)c3)c(NC(=O)OCc3ccccc3)oc12. The zero-order valence-electron chi connectivity index (χ0n) is 15.9. The van der Waals surface area contributed by atoms with Crippen molar-refractivity contribution < 1.29 is 18.3 Å². The minimum Gasteiger partial charge on any atom is -0.444 e. The fourth-order valence-corrected chi connectivity index (χ4v) is 3.07. The van der Waals surface area contributed by atoms with Crippen LogP contribution in [-0.2, 0) is 11.3 Å². The van der Waals surface area contributed by atoms with Crippen molar-refractivity contribution in [2.75, 3.05) is 10.6 Å². The number of fused-ring (bicyclic) bond motifs is 1. The minimum atomic E-state index is -0.755. The van der Waals surface area contributed by atoms with Crippen LogP contribution in [0.2, 0.25) is 5.02 Å². The molecule has 4 aromatic rings. The molecule has 7 nitrogen and oxygen atoms in total. The molecule has 0 atom stereocenters. The summed E-state index contributed by atoms with van der Waals surface area (Å²) in [6.07, 6.45) is 0.686. The Labute approximate surface area is 181 Å². The summed E-state index contributed by atoms with van der Waals surface area (Å²) in [4.78, 5) is 16.3. The van der Waals surface area contributed by atoms with Gasteiger partial charge in [0.1, 0.15) is 24.2 Å². The first kappa shape index (κ1) is 20.2. The highest BCUT2D eigenvalue weighted by Gasteiger charge is 2.20. The van der Waals surface area contributed by atoms with E-state index in [2.05, 4.69) is 15.6 Å². The molecule has 31 heavy (non-hydrogen) atoms. The largest absolute Gasteiger partial charge is 0.444 e. The van der Waals surface area contributed by atoms with E-state index in [9.17, 15) is 14.4 Å². The predicted octanol–water partition coefficient (Wildman–Crippen LogP) is 5.98. The number of aromatic nitrogens is 1. The molecule has 0 radical (unpaired) electrons. The van der Waals surface area contributed by atoms with Crippen LogP contribution < -0.4 is 10.6 Å². The van der Waals surface area contributed by atoms with Crippen LogP contribution in [-0.4, -0.2) is 11.1 Å². The van der Waals surface area contributed by atoms with Crippen molar-refractivity contribution in [3.8, 4) is 6.07 Å². The first-order chi connectivity index (χ1) is 15.0. The standard InChI is InChI=1S/C22H14ClFN4O3/c23-16-10-14(6-7-17(16)24)27-19-15-8-9-26-18(11-25)20(15)31-21(19)28-22(29)30-12-13-4-2-1-3-5-13/h1-10,27H,12H2,(H,28,29). The molecule has 2 aromatic carbocycles. The molecule has 0 unspecified atom stereocenters. The molecule has 1 amide bonds. The van der Waals surface area contributed by atoms with Crippen LogP contribution in [0.25, 0.3) is 11.0 Å². The van der Waals surface area contributed by atoms with Gasteiger partial charge in [0.25, 0.3) is 0 Å². The smallest absolute Gasteiger partial charge is 0.414 e. The second-order valence-electron chi connectivity index (χ2n) is 6.39. The maximum absolute atomic E-state index is 13.5. The minimum absolute atomic E-state index is 0.0120. The molecule has 0 saturated heterocycles. The molecule has 4 rings (SSSR count). The summed E-state index contributed by atoms with van der Waals surface area (Å²) in [6.45, 7) is 0.0637. The predicted molar refractivity (Wildman–Crippen MR) is 114 cm³/mol. The van der Waals surface area contributed by atoms with Gasteiger partial charge in [0.05, 0.1) is 10.4 Å². The van der Waals surface area contributed by atoms with E-state index in [0.29, 0.717) is 16.8 Å². The summed E-state index contributed by atoms with van der Waals surface area (Å²) in [5, 5.41) is 15.3. The average molecular weight is 437 g/mol. The molecule has 0 aliphatic heterocycles. The Morgan fingerprint density at radius 1 is 1.23 bits per heavy atom. The molecule has 0 bridgehead atoms. The number of benzene rings is 2. The number of rotatable bonds is 5. The second-order valence-corrected chi connectivity index (χ2v) is 6.80. The monoisotopic (exact) mass is 436 g/mol. The third-order valence-corrected chi connectivity index (χ3v) is 4.62. The van der Waals surface area contributed by atoms with E-state index in [1.54, 1.807) is 6.07 Å². The van der Waals surface area contributed by atoms with Crippen LogP contribution in [0.4, 0.5) is 26.4 Å². The molecule has 0 aliphatic carbocycles. The first-order valence-corrected chi connectivity index (χ1v) is 9.44. The molecule has 9 heteroatoms. The lowest BCUT2D eigenvalue weighted by Gasteiger charge is -2.09. The van der Waals surface area contributed by atoms with Crippen LogP contribution in [0.3, 0.4) is 0 Å². The van der Waals surface area contributed by atoms with Gasteiger partial charge in [-0.15, -0.1) is 0 Å². The van der Waals surface area contributed by atoms with Crippen molar-refractivity contribution >= 4 is 45.9 Å². The summed E-state index contributed by atoms with van der Waals surface area (Å²) in [5.41, 5.74) is 1.83. The number of nitriles is 1. The second kappa shape index (κ2) is 8.73. The summed E-state index contributed by atoms with van der Waals surface area (Å²) < 4.78 is 24.4. The van der Waals surface area contributed by atoms with Gasteiger partial charge in [-0.25, -0.2) is 14.2 Å². The van der Waals surface area contributed by atoms with Gasteiger partial charge < -0.3 is 14.5 Å². The van der Waals surface area contributed by atoms with Crippen LogP contribution in [0.15, 0.2) is 65.2 Å². The molecule has 0 aliphatic rings. The van der Waals surface area contributed by atoms with Crippen molar-refractivity contribution in [3.05, 3.63) is 82.9 Å². The van der Waals surface area contributed by atoms with Gasteiger partial charge >= 0.3 is 6.09 Å². The Morgan fingerprint density at radius 2 is 2.03 bits per heavy atom. The lowest BCUT2D eigenvalue weighted by atomic mass is 10.2. The molecule has 2 N–H and O–H groups in total. The molecule has 2 heterocycles. The van der Waals surface area contributed by atoms with Crippen molar-refractivity contribution in [2.45, 2.75) is 6.61 Å². The fraction of sp³-hybridized carbons (Fsp3) is 0.0455. The van der Waals surface area contributed by atoms with Gasteiger partial charge in [-0.05, 0) is 29.8 Å². The Morgan fingerprint density at radius 3 is 2.77 bits per heavy atom. The number of nitrogens with one attached hydrogen (secondary N) is 2. The number of pyridine rings is 1. The topological polar surface area (TPSA) is 100 Å². The van der Waals surface area contributed by atoms with Gasteiger partial charge in [0.15, 0.2) is 11.3 Å². The molecule has 154 valence electrons. The van der Waals surface area contributed by atoms with Crippen LogP contribution in [0.5, 0.6) is 0 Å². The number of furan rings is 1. The number of carbonyl (C=O) groups excluding carboxylic acids is 1. The Bertz CT molecular complexity index is 1300. The van der Waals surface area contributed by atoms with Crippen LogP contribution >= 0.6 is 11.6 Å². The number of carbonyl (C=O) groups is 1. The Hall–Kier alpha value is -4.09. The number of hydrogen-bond acceptors (Lipinski definition) is 6. The number of hydrogen-bond donors (Lipinski definition) is 2. The highest BCUT2D eigenvalue weighted by molar-refractivity contribution is 6.31. The van der Waals surface area contributed by atoms with Crippen LogP contribution in [0, 0.1) is 17.1 Å². The van der Waals surface area contributed by atoms with Gasteiger partial charge in [-0.3, -0.25) is 5.32 Å². The van der Waals surface area contributed by atoms with Crippen molar-refractivity contribution in [3.63, 3.8) is 0 Å². The van der Waals surface area contributed by atoms with Crippen LogP contribution in [0.1, 0.15) is 11.3 Å². The van der Waals surface area contributed by atoms with E-state index >= 15 is 0 Å². The van der Waals surface area contributed by atoms with Crippen molar-refractivity contribution in [1.29, 1.82) is 5.26 Å². The maximum Gasteiger partial charge on any atom is 0.414 e. The third-order valence-electron chi connectivity index (χ3n) is 4.33. The number of amides is 1. The van der Waals surface area contributed by atoms with Gasteiger partial charge in [-0.2, -0.15) is 5.26 Å². The zero-order chi connectivity index (χ0) is 21.8. The molecule has 0 saturated carbocycles. The zero-order valence-corrected chi connectivity index (χ0v) is 16.6. The van der Waals surface area contributed by atoms with E-state index in [1.807, 2.05) is 36.4 Å². The number of nitrogens with zero attached hydrogens (tertiary/aromatic N) is 2. The molecular weight excluding hydrogens is 423 g/mol. The number of anilines is 3. The van der Waals surface area contributed by atoms with Gasteiger partial charge in [0, 0.05) is 11.9 Å². The average Bonchev–Trinajstić information content (AvgIpc) is 3.12. The summed E-state index contributed by atoms with van der Waals surface area (Å²) in [5.74, 6) is -0.555. The highest BCUT2D eigenvalue weighted by Crippen LogP contribution is 2.38. The Kier molecular flexibility index (Phi) is 5.69. The highest BCUT2D eigenvalue weighted by atomic mass is 35.5. The fourth-order valence-electron chi connectivity index (χ4n) is 2.89. The third kappa shape index (κ3) is 4.42. The number of halogens is 2. The van der Waals surface area contributed by atoms with E-state index in [1.165, 1.54) is 24.4 Å². The van der Waals surface area contributed by atoms with Gasteiger partial charge in [-0.1, -0.05) is 41.9 Å². The summed E-state index contributed by atoms with van der Waals surface area (Å²) in [6, 6.07) is 16.8. The quantitative estimate of drug-likeness (QED) is 0.399. The van der Waals surface area contributed by atoms with E-state index in [-0.39, 0.29) is 28.8 Å². The van der Waals surface area contributed by atoms with E-state index in [0.717, 1.165) is 5.56 Å². The first-order valence-electron chi connectivity index (χ1n) is 9.06. The molecule has 2 aromatic heterocycles. The maximum atomic E-state index is 13.5. The molecule has 0 spiro atoms. The van der Waals surface area contributed by atoms with E-state index < -0.39 is 11.9 Å². The Balaban J connectivity index is 1.64. The van der Waals surface area contributed by atoms with E-state index in [4.69, 9.17) is 20.8 Å². The molecule has 0 fully saturated rings. The summed E-state index contributed by atoms with van der Waals surface area (Å²) >= 11 is 5.86. The normalized spacial score (nSPS) is 10.5. The van der Waals surface area contributed by atoms with Crippen molar-refractivity contribution in [2.24, 2.45) is 0 Å². The summed E-state index contributed by atoms with van der Waals surface area (Å²) in [7, 11) is 0. The lowest BCUT2D eigenvalue weighted by molar-refractivity contribution is 0.154. The van der Waals surface area contributed by atoms with Gasteiger partial charge in [0.2, 0.25) is 5.88 Å². The number of ether oxygens (including phenoxy) is 1. The lowest BCUT2D eigenvalue weighted by Crippen LogP contribution is -2.13. The van der Waals surface area contributed by atoms with Crippen molar-refractivity contribution in [1.82, 2.24) is 4.98 Å². The molecular formula is C22H14ClFN4O3.